The lowest BCUT2D eigenvalue weighted by Gasteiger charge is -2.26. The molecule has 0 aromatic rings. The number of carbonyl (C=O) groups excluding carboxylic acids is 3. The normalized spacial score (nSPS) is 14.9. The molecule has 0 rings (SSSR count). The third-order valence-electron chi connectivity index (χ3n) is 5.33. The molecule has 0 aliphatic carbocycles. The zero-order valence-corrected chi connectivity index (χ0v) is 21.7. The van der Waals surface area contributed by atoms with Gasteiger partial charge in [-0.2, -0.15) is 11.8 Å². The van der Waals surface area contributed by atoms with E-state index in [4.69, 9.17) is 22.3 Å². The van der Waals surface area contributed by atoms with Crippen molar-refractivity contribution in [1.29, 1.82) is 0 Å². The van der Waals surface area contributed by atoms with Crippen LogP contribution in [0.2, 0.25) is 0 Å². The van der Waals surface area contributed by atoms with Crippen LogP contribution in [0.1, 0.15) is 46.0 Å². The van der Waals surface area contributed by atoms with Crippen molar-refractivity contribution in [3.05, 3.63) is 0 Å². The summed E-state index contributed by atoms with van der Waals surface area (Å²) >= 11 is 1.42. The third kappa shape index (κ3) is 13.1. The Hall–Kier alpha value is -3.07. The van der Waals surface area contributed by atoms with Crippen LogP contribution in [0, 0.1) is 5.92 Å². The number of carboxylic acids is 2. The summed E-state index contributed by atoms with van der Waals surface area (Å²) in [5.74, 6) is -4.74. The Kier molecular flexibility index (Phi) is 15.9. The molecule has 0 saturated heterocycles. The molecule has 0 aliphatic heterocycles. The molecule has 11 N–H and O–H groups in total. The second-order valence-corrected chi connectivity index (χ2v) is 9.25. The molecule has 0 spiro atoms. The first kappa shape index (κ1) is 32.9. The zero-order valence-electron chi connectivity index (χ0n) is 20.9. The first-order valence-corrected chi connectivity index (χ1v) is 12.9. The zero-order chi connectivity index (χ0) is 27.8. The number of amides is 3. The van der Waals surface area contributed by atoms with Crippen LogP contribution in [0.25, 0.3) is 0 Å². The standard InChI is InChI=1S/C21H39N7O7S/c1-4-11(2)16(20(34)35)28-19(33)13(6-5-8-25-21(23)24)27-18(32)14(7-9-36-3)26-17(31)12(22)10-15(29)30/h11-14,16H,4-10,22H2,1-3H3,(H,26,31)(H,27,32)(H,28,33)(H,29,30)(H,34,35)(H4,23,24,25). The summed E-state index contributed by atoms with van der Waals surface area (Å²) < 4.78 is 0. The Balaban J connectivity index is 5.65. The lowest BCUT2D eigenvalue weighted by molar-refractivity contribution is -0.144. The number of guanidine groups is 1. The highest BCUT2D eigenvalue weighted by atomic mass is 32.2. The van der Waals surface area contributed by atoms with Gasteiger partial charge in [0.05, 0.1) is 12.5 Å². The van der Waals surface area contributed by atoms with Gasteiger partial charge in [0.25, 0.3) is 0 Å². The van der Waals surface area contributed by atoms with Crippen molar-refractivity contribution in [3.63, 3.8) is 0 Å². The molecule has 0 bridgehead atoms. The summed E-state index contributed by atoms with van der Waals surface area (Å²) in [7, 11) is 0. The van der Waals surface area contributed by atoms with Crippen molar-refractivity contribution in [2.24, 2.45) is 28.1 Å². The minimum atomic E-state index is -1.36. The van der Waals surface area contributed by atoms with E-state index in [0.29, 0.717) is 18.6 Å². The van der Waals surface area contributed by atoms with Gasteiger partial charge in [-0.05, 0) is 37.2 Å². The minimum absolute atomic E-state index is 0.0862. The molecular formula is C21H39N7O7S. The largest absolute Gasteiger partial charge is 0.481 e. The van der Waals surface area contributed by atoms with E-state index in [9.17, 15) is 29.1 Å². The van der Waals surface area contributed by atoms with Gasteiger partial charge < -0.3 is 43.4 Å². The minimum Gasteiger partial charge on any atom is -0.481 e. The fourth-order valence-electron chi connectivity index (χ4n) is 3.05. The van der Waals surface area contributed by atoms with Crippen LogP contribution < -0.4 is 33.2 Å². The molecule has 36 heavy (non-hydrogen) atoms. The molecule has 14 nitrogen and oxygen atoms in total. The van der Waals surface area contributed by atoms with Gasteiger partial charge in [0.2, 0.25) is 17.7 Å². The number of aliphatic imine (C=N–C) groups is 1. The molecule has 3 amide bonds. The van der Waals surface area contributed by atoms with Gasteiger partial charge in [-0.15, -0.1) is 0 Å². The summed E-state index contributed by atoms with van der Waals surface area (Å²) in [5.41, 5.74) is 16.2. The molecule has 0 aromatic carbocycles. The summed E-state index contributed by atoms with van der Waals surface area (Å²) in [6, 6.07) is -4.76. The number of carbonyl (C=O) groups is 5. The number of hydrogen-bond acceptors (Lipinski definition) is 8. The molecule has 206 valence electrons. The van der Waals surface area contributed by atoms with Crippen molar-refractivity contribution in [2.45, 2.75) is 70.1 Å². The Morgan fingerprint density at radius 3 is 2.00 bits per heavy atom. The van der Waals surface area contributed by atoms with Gasteiger partial charge in [-0.1, -0.05) is 20.3 Å². The van der Waals surface area contributed by atoms with Crippen molar-refractivity contribution in [2.75, 3.05) is 18.6 Å². The van der Waals surface area contributed by atoms with Crippen LogP contribution in [0.15, 0.2) is 4.99 Å². The molecule has 5 atom stereocenters. The molecule has 0 aliphatic rings. The maximum Gasteiger partial charge on any atom is 0.326 e. The average molecular weight is 534 g/mol. The number of hydrogen-bond donors (Lipinski definition) is 8. The van der Waals surface area contributed by atoms with Crippen LogP contribution in [-0.4, -0.2) is 88.6 Å². The van der Waals surface area contributed by atoms with Crippen molar-refractivity contribution in [1.82, 2.24) is 16.0 Å². The van der Waals surface area contributed by atoms with E-state index >= 15 is 0 Å². The first-order valence-electron chi connectivity index (χ1n) is 11.5. The number of nitrogens with two attached hydrogens (primary N) is 3. The SMILES string of the molecule is CCC(C)C(NC(=O)C(CCCN=C(N)N)NC(=O)C(CCSC)NC(=O)C(N)CC(=O)O)C(=O)O. The maximum atomic E-state index is 13.0. The summed E-state index contributed by atoms with van der Waals surface area (Å²) in [6.45, 7) is 3.64. The van der Waals surface area contributed by atoms with E-state index in [0.717, 1.165) is 0 Å². The van der Waals surface area contributed by atoms with Gasteiger partial charge in [-0.3, -0.25) is 24.2 Å². The Morgan fingerprint density at radius 2 is 1.50 bits per heavy atom. The fourth-order valence-corrected chi connectivity index (χ4v) is 3.52. The maximum absolute atomic E-state index is 13.0. The second-order valence-electron chi connectivity index (χ2n) is 8.27. The van der Waals surface area contributed by atoms with Gasteiger partial charge >= 0.3 is 11.9 Å². The predicted octanol–water partition coefficient (Wildman–Crippen LogP) is -1.82. The molecule has 0 fully saturated rings. The van der Waals surface area contributed by atoms with Gasteiger partial charge in [0, 0.05) is 6.54 Å². The monoisotopic (exact) mass is 533 g/mol. The second kappa shape index (κ2) is 17.4. The number of thioether (sulfide) groups is 1. The average Bonchev–Trinajstić information content (AvgIpc) is 2.80. The highest BCUT2D eigenvalue weighted by molar-refractivity contribution is 7.98. The number of aliphatic carboxylic acids is 2. The van der Waals surface area contributed by atoms with Crippen LogP contribution in [-0.2, 0) is 24.0 Å². The highest BCUT2D eigenvalue weighted by Crippen LogP contribution is 2.10. The number of carboxylic acid groups (broad SMARTS) is 2. The summed E-state index contributed by atoms with van der Waals surface area (Å²) in [4.78, 5) is 64.7. The number of nitrogens with one attached hydrogen (secondary N) is 3. The number of rotatable bonds is 18. The summed E-state index contributed by atoms with van der Waals surface area (Å²) in [5, 5.41) is 25.8. The van der Waals surface area contributed by atoms with Crippen LogP contribution in [0.3, 0.4) is 0 Å². The quantitative estimate of drug-likeness (QED) is 0.0553. The smallest absolute Gasteiger partial charge is 0.326 e. The van der Waals surface area contributed by atoms with Crippen LogP contribution in [0.5, 0.6) is 0 Å². The van der Waals surface area contributed by atoms with E-state index in [1.807, 2.05) is 0 Å². The van der Waals surface area contributed by atoms with Crippen molar-refractivity contribution >= 4 is 47.4 Å². The van der Waals surface area contributed by atoms with E-state index in [1.54, 1.807) is 20.1 Å². The lowest BCUT2D eigenvalue weighted by atomic mass is 9.98. The fraction of sp³-hybridized carbons (Fsp3) is 0.714. The molecular weight excluding hydrogens is 494 g/mol. The molecule has 0 saturated carbocycles. The first-order chi connectivity index (χ1) is 16.8. The van der Waals surface area contributed by atoms with Gasteiger partial charge in [-0.25, -0.2) is 4.79 Å². The summed E-state index contributed by atoms with van der Waals surface area (Å²) in [6.07, 6.45) is 2.24. The van der Waals surface area contributed by atoms with Gasteiger partial charge in [0.1, 0.15) is 18.1 Å². The van der Waals surface area contributed by atoms with Crippen molar-refractivity contribution < 1.29 is 34.2 Å². The van der Waals surface area contributed by atoms with Crippen LogP contribution >= 0.6 is 11.8 Å². The highest BCUT2D eigenvalue weighted by Gasteiger charge is 2.31. The van der Waals surface area contributed by atoms with E-state index < -0.39 is 60.2 Å². The number of nitrogens with zero attached hydrogens (tertiary/aromatic N) is 1. The van der Waals surface area contributed by atoms with E-state index in [-0.39, 0.29) is 31.3 Å². The van der Waals surface area contributed by atoms with E-state index in [2.05, 4.69) is 20.9 Å². The van der Waals surface area contributed by atoms with E-state index in [1.165, 1.54) is 11.8 Å². The van der Waals surface area contributed by atoms with Gasteiger partial charge in [0.15, 0.2) is 5.96 Å². The topological polar surface area (TPSA) is 252 Å². The Labute approximate surface area is 214 Å². The lowest BCUT2D eigenvalue weighted by Crippen LogP contribution is -2.58. The Bertz CT molecular complexity index is 793. The van der Waals surface area contributed by atoms with Crippen LogP contribution in [0.4, 0.5) is 0 Å². The Morgan fingerprint density at radius 1 is 0.944 bits per heavy atom. The molecule has 15 heteroatoms. The third-order valence-corrected chi connectivity index (χ3v) is 5.97. The molecule has 0 aromatic heterocycles. The molecule has 0 radical (unpaired) electrons. The van der Waals surface area contributed by atoms with Crippen molar-refractivity contribution in [3.8, 4) is 0 Å². The predicted molar refractivity (Wildman–Crippen MR) is 136 cm³/mol. The molecule has 5 unspecified atom stereocenters. The molecule has 0 heterocycles.